The lowest BCUT2D eigenvalue weighted by Gasteiger charge is -2.43. The Labute approximate surface area is 256 Å². The maximum atomic E-state index is 15.0. The van der Waals surface area contributed by atoms with Crippen molar-refractivity contribution >= 4 is 17.4 Å². The number of methoxy groups -OCH3 is 1. The van der Waals surface area contributed by atoms with E-state index in [1.807, 2.05) is 35.2 Å². The van der Waals surface area contributed by atoms with Crippen molar-refractivity contribution in [2.24, 2.45) is 10.9 Å². The number of alkyl halides is 1. The molecule has 2 aromatic carbocycles. The Balaban J connectivity index is 1.20. The van der Waals surface area contributed by atoms with Crippen LogP contribution in [-0.4, -0.2) is 70.6 Å². The number of Topliss-reactive ketones (excluding diaryl/α,β-unsaturated/α-hetero) is 1. The van der Waals surface area contributed by atoms with E-state index in [1.165, 1.54) is 13.2 Å². The highest BCUT2D eigenvalue weighted by Crippen LogP contribution is 2.33. The number of aromatic nitrogens is 1. The van der Waals surface area contributed by atoms with Crippen molar-refractivity contribution in [2.45, 2.75) is 63.8 Å². The highest BCUT2D eigenvalue weighted by atomic mass is 19.1. The molecule has 4 heterocycles. The van der Waals surface area contributed by atoms with Crippen LogP contribution in [-0.2, 0) is 17.9 Å². The molecule has 0 N–H and O–H groups in total. The number of likely N-dealkylation sites (tertiary alicyclic amines) is 2. The molecule has 3 aromatic rings. The second-order valence-electron chi connectivity index (χ2n) is 12.4. The van der Waals surface area contributed by atoms with Gasteiger partial charge in [0.1, 0.15) is 17.2 Å². The van der Waals surface area contributed by atoms with Gasteiger partial charge in [0.05, 0.1) is 25.4 Å². The lowest BCUT2D eigenvalue weighted by molar-refractivity contribution is -0.141. The molecule has 3 aliphatic heterocycles. The van der Waals surface area contributed by atoms with Crippen LogP contribution in [0.4, 0.5) is 8.78 Å². The van der Waals surface area contributed by atoms with E-state index in [9.17, 15) is 14.0 Å². The number of nitrogens with zero attached hydrogens (tertiary/aromatic N) is 4. The molecule has 2 saturated heterocycles. The molecule has 0 aliphatic carbocycles. The van der Waals surface area contributed by atoms with Crippen molar-refractivity contribution in [1.29, 1.82) is 0 Å². The second-order valence-corrected chi connectivity index (χ2v) is 12.4. The third-order valence-corrected chi connectivity index (χ3v) is 9.36. The fourth-order valence-electron chi connectivity index (χ4n) is 6.73. The summed E-state index contributed by atoms with van der Waals surface area (Å²) in [4.78, 5) is 39.9. The standard InChI is InChI=1S/C35H38F2N4O3/c1-35(37)12-16-40(17-13-35)34(43)30-9-6-23(21-41(30)22-28-29(36)4-3-5-32(28)44-2)18-31(42)25-7-8-26-20-39-33(27(26)19-25)24-10-14-38-15-11-24/h3-5,7-8,10-11,14-15,19,23,30H,6,9,12-13,16-18,20-22H2,1-2H3/t23-,30?/m0/s1. The van der Waals surface area contributed by atoms with Crippen molar-refractivity contribution in [3.05, 3.63) is 94.6 Å². The molecule has 0 bridgehead atoms. The zero-order valence-corrected chi connectivity index (χ0v) is 25.3. The van der Waals surface area contributed by atoms with E-state index < -0.39 is 17.5 Å². The molecule has 9 heteroatoms. The average Bonchev–Trinajstić information content (AvgIpc) is 3.46. The first-order chi connectivity index (χ1) is 21.2. The van der Waals surface area contributed by atoms with Crippen molar-refractivity contribution in [3.8, 4) is 5.75 Å². The van der Waals surface area contributed by atoms with E-state index in [0.29, 0.717) is 75.2 Å². The van der Waals surface area contributed by atoms with Crippen LogP contribution in [0, 0.1) is 11.7 Å². The molecular weight excluding hydrogens is 562 g/mol. The van der Waals surface area contributed by atoms with E-state index in [0.717, 1.165) is 22.4 Å². The van der Waals surface area contributed by atoms with Gasteiger partial charge in [-0.2, -0.15) is 0 Å². The molecule has 7 nitrogen and oxygen atoms in total. The number of halogens is 2. The Kier molecular flexibility index (Phi) is 8.58. The number of hydrogen-bond acceptors (Lipinski definition) is 6. The summed E-state index contributed by atoms with van der Waals surface area (Å²) in [6.07, 6.45) is 5.62. The lowest BCUT2D eigenvalue weighted by atomic mass is 9.86. The quantitative estimate of drug-likeness (QED) is 0.306. The maximum Gasteiger partial charge on any atom is 0.239 e. The molecule has 1 unspecified atom stereocenters. The molecule has 0 radical (unpaired) electrons. The minimum Gasteiger partial charge on any atom is -0.496 e. The average molecular weight is 601 g/mol. The number of hydrogen-bond donors (Lipinski definition) is 0. The largest absolute Gasteiger partial charge is 0.496 e. The van der Waals surface area contributed by atoms with Crippen LogP contribution in [0.5, 0.6) is 5.75 Å². The maximum absolute atomic E-state index is 15.0. The second kappa shape index (κ2) is 12.6. The van der Waals surface area contributed by atoms with Crippen LogP contribution in [0.15, 0.2) is 65.9 Å². The molecule has 0 spiro atoms. The molecule has 1 aromatic heterocycles. The van der Waals surface area contributed by atoms with Crippen molar-refractivity contribution in [2.75, 3.05) is 26.7 Å². The number of carbonyl (C=O) groups is 2. The lowest BCUT2D eigenvalue weighted by Crippen LogP contribution is -2.55. The minimum absolute atomic E-state index is 0.0126. The number of aliphatic imine (C=N–C) groups is 1. The first-order valence-electron chi connectivity index (χ1n) is 15.4. The highest BCUT2D eigenvalue weighted by molar-refractivity contribution is 6.16. The number of piperidine rings is 2. The van der Waals surface area contributed by atoms with Gasteiger partial charge >= 0.3 is 0 Å². The summed E-state index contributed by atoms with van der Waals surface area (Å²) < 4.78 is 35.0. The number of ether oxygens (including phenoxy) is 1. The number of rotatable bonds is 8. The topological polar surface area (TPSA) is 75.1 Å². The third kappa shape index (κ3) is 6.29. The third-order valence-electron chi connectivity index (χ3n) is 9.36. The van der Waals surface area contributed by atoms with Gasteiger partial charge in [0, 0.05) is 67.2 Å². The molecule has 2 atom stereocenters. The number of carbonyl (C=O) groups excluding carboxylic acids is 2. The number of amides is 1. The van der Waals surface area contributed by atoms with E-state index in [1.54, 1.807) is 36.4 Å². The number of ketones is 1. The van der Waals surface area contributed by atoms with Gasteiger partial charge < -0.3 is 9.64 Å². The van der Waals surface area contributed by atoms with Gasteiger partial charge in [-0.15, -0.1) is 0 Å². The Morgan fingerprint density at radius 2 is 1.84 bits per heavy atom. The van der Waals surface area contributed by atoms with Crippen molar-refractivity contribution < 1.29 is 23.1 Å². The fourth-order valence-corrected chi connectivity index (χ4v) is 6.73. The van der Waals surface area contributed by atoms with Crippen molar-refractivity contribution in [1.82, 2.24) is 14.8 Å². The van der Waals surface area contributed by atoms with E-state index in [-0.39, 0.29) is 24.2 Å². The summed E-state index contributed by atoms with van der Waals surface area (Å²) in [6.45, 7) is 3.53. The summed E-state index contributed by atoms with van der Waals surface area (Å²) in [6, 6.07) is 13.9. The van der Waals surface area contributed by atoms with Gasteiger partial charge in [-0.3, -0.25) is 24.5 Å². The summed E-state index contributed by atoms with van der Waals surface area (Å²) >= 11 is 0. The highest BCUT2D eigenvalue weighted by Gasteiger charge is 2.39. The van der Waals surface area contributed by atoms with Gasteiger partial charge in [-0.25, -0.2) is 8.78 Å². The molecule has 230 valence electrons. The molecule has 44 heavy (non-hydrogen) atoms. The van der Waals surface area contributed by atoms with Crippen LogP contribution in [0.3, 0.4) is 0 Å². The van der Waals surface area contributed by atoms with Crippen LogP contribution >= 0.6 is 0 Å². The smallest absolute Gasteiger partial charge is 0.239 e. The van der Waals surface area contributed by atoms with Gasteiger partial charge in [0.2, 0.25) is 5.91 Å². The summed E-state index contributed by atoms with van der Waals surface area (Å²) in [7, 11) is 1.50. The van der Waals surface area contributed by atoms with Gasteiger partial charge in [0.15, 0.2) is 5.78 Å². The number of fused-ring (bicyclic) bond motifs is 1. The number of pyridine rings is 1. The summed E-state index contributed by atoms with van der Waals surface area (Å²) in [5.41, 5.74) is 3.64. The molecular formula is C35H38F2N4O3. The van der Waals surface area contributed by atoms with Gasteiger partial charge in [-0.05, 0) is 74.4 Å². The van der Waals surface area contributed by atoms with E-state index >= 15 is 4.39 Å². The molecule has 0 saturated carbocycles. The first kappa shape index (κ1) is 30.1. The Bertz CT molecular complexity index is 1570. The SMILES string of the molecule is COc1cccc(F)c1CN1C[C@H](CC(=O)c2ccc3c(c2)C(c2ccncc2)=NC3)CCC1C(=O)N1CCC(C)(F)CC1. The number of benzene rings is 2. The monoisotopic (exact) mass is 600 g/mol. The predicted octanol–water partition coefficient (Wildman–Crippen LogP) is 5.78. The fraction of sp³-hybridized carbons (Fsp3) is 0.429. The summed E-state index contributed by atoms with van der Waals surface area (Å²) in [5.74, 6) is -0.0103. The molecule has 1 amide bonds. The summed E-state index contributed by atoms with van der Waals surface area (Å²) in [5, 5.41) is 0. The molecule has 2 fully saturated rings. The van der Waals surface area contributed by atoms with Gasteiger partial charge in [-0.1, -0.05) is 18.2 Å². The zero-order valence-electron chi connectivity index (χ0n) is 25.3. The van der Waals surface area contributed by atoms with Crippen LogP contribution in [0.2, 0.25) is 0 Å². The Morgan fingerprint density at radius 3 is 2.59 bits per heavy atom. The van der Waals surface area contributed by atoms with Crippen LogP contribution in [0.1, 0.15) is 71.6 Å². The Hall–Kier alpha value is -3.98. The van der Waals surface area contributed by atoms with Crippen molar-refractivity contribution in [3.63, 3.8) is 0 Å². The normalized spacial score (nSPS) is 21.5. The Morgan fingerprint density at radius 1 is 1.07 bits per heavy atom. The zero-order chi connectivity index (χ0) is 30.8. The van der Waals surface area contributed by atoms with E-state index in [4.69, 9.17) is 9.73 Å². The van der Waals surface area contributed by atoms with E-state index in [2.05, 4.69) is 4.98 Å². The molecule has 6 rings (SSSR count). The van der Waals surface area contributed by atoms with Crippen LogP contribution in [0.25, 0.3) is 0 Å². The van der Waals surface area contributed by atoms with Gasteiger partial charge in [0.25, 0.3) is 0 Å². The van der Waals surface area contributed by atoms with Crippen LogP contribution < -0.4 is 4.74 Å². The first-order valence-corrected chi connectivity index (χ1v) is 15.4. The minimum atomic E-state index is -1.27. The molecule has 3 aliphatic rings. The predicted molar refractivity (Wildman–Crippen MR) is 164 cm³/mol.